The molecular formula is C15H21N5S. The first-order valence-corrected chi connectivity index (χ1v) is 8.44. The average Bonchev–Trinajstić information content (AvgIpc) is 3.02. The van der Waals surface area contributed by atoms with Crippen molar-refractivity contribution < 1.29 is 0 Å². The summed E-state index contributed by atoms with van der Waals surface area (Å²) in [7, 11) is 0. The van der Waals surface area contributed by atoms with Gasteiger partial charge in [0.25, 0.3) is 0 Å². The molecule has 0 bridgehead atoms. The van der Waals surface area contributed by atoms with Gasteiger partial charge < -0.3 is 10.3 Å². The minimum atomic E-state index is 0.528. The Hall–Kier alpha value is -1.43. The van der Waals surface area contributed by atoms with Crippen molar-refractivity contribution in [1.29, 1.82) is 0 Å². The third kappa shape index (κ3) is 2.35. The predicted molar refractivity (Wildman–Crippen MR) is 86.2 cm³/mol. The van der Waals surface area contributed by atoms with Gasteiger partial charge in [-0.1, -0.05) is 12.8 Å². The second kappa shape index (κ2) is 5.09. The lowest BCUT2D eigenvalue weighted by atomic mass is 10.2. The summed E-state index contributed by atoms with van der Waals surface area (Å²) in [6.07, 6.45) is 7.54. The Morgan fingerprint density at radius 3 is 2.67 bits per heavy atom. The van der Waals surface area contributed by atoms with Gasteiger partial charge in [-0.05, 0) is 44.8 Å². The number of hydrogen-bond donors (Lipinski definition) is 2. The molecular weight excluding hydrogens is 282 g/mol. The van der Waals surface area contributed by atoms with E-state index in [4.69, 9.17) is 17.2 Å². The highest BCUT2D eigenvalue weighted by atomic mass is 32.1. The maximum Gasteiger partial charge on any atom is 0.203 e. The molecule has 0 radical (unpaired) electrons. The summed E-state index contributed by atoms with van der Waals surface area (Å²) in [5.74, 6) is 2.60. The van der Waals surface area contributed by atoms with E-state index in [2.05, 4.69) is 22.2 Å². The number of nitrogens with zero attached hydrogens (tertiary/aromatic N) is 3. The molecule has 0 unspecified atom stereocenters. The maximum absolute atomic E-state index is 5.46. The Kier molecular flexibility index (Phi) is 3.21. The molecule has 2 aliphatic rings. The van der Waals surface area contributed by atoms with Crippen LogP contribution in [0.5, 0.6) is 0 Å². The van der Waals surface area contributed by atoms with Gasteiger partial charge in [0.2, 0.25) is 4.77 Å². The number of aryl methyl sites for hydroxylation is 1. The summed E-state index contributed by atoms with van der Waals surface area (Å²) < 4.78 is 2.65. The third-order valence-corrected chi connectivity index (χ3v) is 4.92. The number of anilines is 1. The fourth-order valence-corrected chi connectivity index (χ4v) is 3.55. The van der Waals surface area contributed by atoms with E-state index in [-0.39, 0.29) is 0 Å². The van der Waals surface area contributed by atoms with Crippen LogP contribution in [0.3, 0.4) is 0 Å². The van der Waals surface area contributed by atoms with Crippen LogP contribution in [0.4, 0.5) is 5.82 Å². The molecule has 2 saturated carbocycles. The first-order valence-electron chi connectivity index (χ1n) is 8.03. The van der Waals surface area contributed by atoms with Gasteiger partial charge >= 0.3 is 0 Å². The van der Waals surface area contributed by atoms with Gasteiger partial charge in [0.1, 0.15) is 11.3 Å². The summed E-state index contributed by atoms with van der Waals surface area (Å²) in [6.45, 7) is 2.90. The van der Waals surface area contributed by atoms with E-state index in [0.717, 1.165) is 29.4 Å². The minimum absolute atomic E-state index is 0.528. The molecule has 0 atom stereocenters. The van der Waals surface area contributed by atoms with Crippen molar-refractivity contribution in [3.8, 4) is 0 Å². The number of aromatic nitrogens is 4. The monoisotopic (exact) mass is 303 g/mol. The summed E-state index contributed by atoms with van der Waals surface area (Å²) >= 11 is 5.46. The molecule has 2 aliphatic carbocycles. The minimum Gasteiger partial charge on any atom is -0.365 e. The van der Waals surface area contributed by atoms with Crippen molar-refractivity contribution >= 4 is 29.2 Å². The highest BCUT2D eigenvalue weighted by Crippen LogP contribution is 2.39. The molecule has 0 amide bonds. The van der Waals surface area contributed by atoms with Gasteiger partial charge in [0.15, 0.2) is 11.5 Å². The van der Waals surface area contributed by atoms with E-state index in [1.165, 1.54) is 38.5 Å². The molecule has 0 saturated heterocycles. The number of nitrogens with one attached hydrogen (secondary N) is 2. The lowest BCUT2D eigenvalue weighted by Gasteiger charge is -2.14. The number of aromatic amines is 1. The van der Waals surface area contributed by atoms with Crippen LogP contribution in [0.2, 0.25) is 0 Å². The largest absolute Gasteiger partial charge is 0.365 e. The molecule has 2 aromatic heterocycles. The van der Waals surface area contributed by atoms with Crippen molar-refractivity contribution in [3.63, 3.8) is 0 Å². The van der Waals surface area contributed by atoms with Crippen LogP contribution in [0.25, 0.3) is 11.2 Å². The average molecular weight is 303 g/mol. The fraction of sp³-hybridized carbons (Fsp3) is 0.667. The topological polar surface area (TPSA) is 58.5 Å². The molecule has 4 rings (SSSR count). The van der Waals surface area contributed by atoms with E-state index in [0.29, 0.717) is 16.7 Å². The lowest BCUT2D eigenvalue weighted by Crippen LogP contribution is -2.17. The zero-order valence-electron chi connectivity index (χ0n) is 12.4. The van der Waals surface area contributed by atoms with Crippen molar-refractivity contribution in [3.05, 3.63) is 10.6 Å². The Labute approximate surface area is 129 Å². The number of imidazole rings is 1. The van der Waals surface area contributed by atoms with Gasteiger partial charge in [-0.3, -0.25) is 4.57 Å². The third-order valence-electron chi connectivity index (χ3n) is 4.61. The summed E-state index contributed by atoms with van der Waals surface area (Å²) in [6, 6.07) is 0.528. The highest BCUT2D eigenvalue weighted by Gasteiger charge is 2.28. The van der Waals surface area contributed by atoms with E-state index in [1.807, 2.05) is 4.57 Å². The molecule has 0 spiro atoms. The molecule has 2 heterocycles. The fourth-order valence-electron chi connectivity index (χ4n) is 3.25. The lowest BCUT2D eigenvalue weighted by molar-refractivity contribution is 0.729. The molecule has 6 heteroatoms. The number of rotatable bonds is 4. The van der Waals surface area contributed by atoms with Gasteiger partial charge in [-0.15, -0.1) is 0 Å². The van der Waals surface area contributed by atoms with Gasteiger partial charge in [0.05, 0.1) is 0 Å². The van der Waals surface area contributed by atoms with Crippen LogP contribution < -0.4 is 5.32 Å². The summed E-state index contributed by atoms with van der Waals surface area (Å²) in [5, 5.41) is 3.59. The van der Waals surface area contributed by atoms with Gasteiger partial charge in [-0.25, -0.2) is 9.97 Å². The van der Waals surface area contributed by atoms with E-state index in [9.17, 15) is 0 Å². The van der Waals surface area contributed by atoms with E-state index >= 15 is 0 Å². The van der Waals surface area contributed by atoms with Crippen LogP contribution in [0.15, 0.2) is 0 Å². The highest BCUT2D eigenvalue weighted by molar-refractivity contribution is 7.71. The van der Waals surface area contributed by atoms with Gasteiger partial charge in [0, 0.05) is 18.5 Å². The molecule has 2 aromatic rings. The van der Waals surface area contributed by atoms with Crippen LogP contribution >= 0.6 is 12.2 Å². The predicted octanol–water partition coefficient (Wildman–Crippen LogP) is 3.74. The number of H-pyrrole nitrogens is 1. The Balaban J connectivity index is 1.82. The second-order valence-electron chi connectivity index (χ2n) is 6.21. The SMILES string of the molecule is CCn1c(=S)nc(NC2CCCC2)c2[nH]c(C3CC3)nc21. The van der Waals surface area contributed by atoms with Crippen molar-refractivity contribution in [1.82, 2.24) is 19.5 Å². The summed E-state index contributed by atoms with van der Waals surface area (Å²) in [5.41, 5.74) is 1.99. The smallest absolute Gasteiger partial charge is 0.203 e. The molecule has 2 fully saturated rings. The molecule has 21 heavy (non-hydrogen) atoms. The zero-order valence-corrected chi connectivity index (χ0v) is 13.2. The number of fused-ring (bicyclic) bond motifs is 1. The van der Waals surface area contributed by atoms with E-state index < -0.39 is 0 Å². The van der Waals surface area contributed by atoms with Crippen LogP contribution in [0, 0.1) is 4.77 Å². The second-order valence-corrected chi connectivity index (χ2v) is 6.57. The zero-order chi connectivity index (χ0) is 14.4. The normalized spacial score (nSPS) is 19.5. The quantitative estimate of drug-likeness (QED) is 0.845. The molecule has 2 N–H and O–H groups in total. The maximum atomic E-state index is 5.46. The van der Waals surface area contributed by atoms with Crippen LogP contribution in [0.1, 0.15) is 57.2 Å². The first-order chi connectivity index (χ1) is 10.3. The van der Waals surface area contributed by atoms with Crippen molar-refractivity contribution in [2.24, 2.45) is 0 Å². The molecule has 0 aliphatic heterocycles. The van der Waals surface area contributed by atoms with Crippen molar-refractivity contribution in [2.45, 2.75) is 64.0 Å². The summed E-state index contributed by atoms with van der Waals surface area (Å²) in [4.78, 5) is 12.9. The Morgan fingerprint density at radius 1 is 1.24 bits per heavy atom. The Bertz CT molecular complexity index is 721. The standard InChI is InChI=1S/C15H21N5S/c1-2-20-14-11(17-12(18-14)9-7-8-9)13(19-15(20)21)16-10-5-3-4-6-10/h9-10H,2-8H2,1H3,(H,17,18)(H,16,19,21). The van der Waals surface area contributed by atoms with Gasteiger partial charge in [-0.2, -0.15) is 0 Å². The number of hydrogen-bond acceptors (Lipinski definition) is 4. The van der Waals surface area contributed by atoms with Crippen LogP contribution in [-0.4, -0.2) is 25.6 Å². The van der Waals surface area contributed by atoms with E-state index in [1.54, 1.807) is 0 Å². The van der Waals surface area contributed by atoms with Crippen LogP contribution in [-0.2, 0) is 6.54 Å². The van der Waals surface area contributed by atoms with Crippen molar-refractivity contribution in [2.75, 3.05) is 5.32 Å². The molecule has 112 valence electrons. The Morgan fingerprint density at radius 2 is 2.00 bits per heavy atom. The molecule has 0 aromatic carbocycles. The first kappa shape index (κ1) is 13.2. The molecule has 5 nitrogen and oxygen atoms in total.